The number of hydrogen-bond acceptors (Lipinski definition) is 5. The normalized spacial score (nSPS) is 12.2. The molecule has 3 rings (SSSR count). The zero-order valence-corrected chi connectivity index (χ0v) is 10.6. The van der Waals surface area contributed by atoms with Crippen LogP contribution in [0, 0.1) is 0 Å². The molecule has 0 atom stereocenters. The minimum absolute atomic E-state index is 0.193. The summed E-state index contributed by atoms with van der Waals surface area (Å²) in [6, 6.07) is 9.91. The van der Waals surface area contributed by atoms with Crippen LogP contribution in [0.25, 0.3) is 0 Å². The Balaban J connectivity index is 1.82. The van der Waals surface area contributed by atoms with Crippen LogP contribution in [0.1, 0.15) is 10.4 Å². The van der Waals surface area contributed by atoms with Gasteiger partial charge >= 0.3 is 0 Å². The van der Waals surface area contributed by atoms with Gasteiger partial charge in [0.25, 0.3) is 5.91 Å². The van der Waals surface area contributed by atoms with Gasteiger partial charge in [-0.05, 0) is 30.3 Å². The van der Waals surface area contributed by atoms with Gasteiger partial charge in [-0.2, -0.15) is 0 Å². The molecule has 6 nitrogen and oxygen atoms in total. The Morgan fingerprint density at radius 3 is 2.45 bits per heavy atom. The van der Waals surface area contributed by atoms with Crippen molar-refractivity contribution in [3.05, 3.63) is 42.0 Å². The molecule has 2 aromatic rings. The van der Waals surface area contributed by atoms with Crippen molar-refractivity contribution in [2.75, 3.05) is 23.6 Å². The molecule has 1 heterocycles. The summed E-state index contributed by atoms with van der Waals surface area (Å²) in [7, 11) is 0. The molecular formula is C14H13N3O3. The summed E-state index contributed by atoms with van der Waals surface area (Å²) < 4.78 is 10.5. The second-order valence-corrected chi connectivity index (χ2v) is 4.41. The maximum atomic E-state index is 12.1. The third-order valence-corrected chi connectivity index (χ3v) is 2.87. The highest BCUT2D eigenvalue weighted by Crippen LogP contribution is 2.34. The van der Waals surface area contributed by atoms with E-state index in [9.17, 15) is 4.79 Å². The van der Waals surface area contributed by atoms with Crippen molar-refractivity contribution >= 4 is 23.0 Å². The first-order valence-corrected chi connectivity index (χ1v) is 5.99. The van der Waals surface area contributed by atoms with Crippen molar-refractivity contribution in [1.29, 1.82) is 0 Å². The fourth-order valence-corrected chi connectivity index (χ4v) is 1.99. The summed E-state index contributed by atoms with van der Waals surface area (Å²) in [5.74, 6) is 0.981. The zero-order valence-electron chi connectivity index (χ0n) is 10.6. The molecule has 0 fully saturated rings. The summed E-state index contributed by atoms with van der Waals surface area (Å²) in [4.78, 5) is 12.1. The highest BCUT2D eigenvalue weighted by atomic mass is 16.7. The Hall–Kier alpha value is -2.89. The summed E-state index contributed by atoms with van der Waals surface area (Å²) >= 11 is 0. The predicted octanol–water partition coefficient (Wildman–Crippen LogP) is 1.83. The Morgan fingerprint density at radius 1 is 1.00 bits per heavy atom. The van der Waals surface area contributed by atoms with Crippen molar-refractivity contribution in [3.63, 3.8) is 0 Å². The molecule has 0 aliphatic carbocycles. The molecule has 1 aliphatic rings. The second kappa shape index (κ2) is 4.65. The molecule has 1 aliphatic heterocycles. The fraction of sp³-hybridized carbons (Fsp3) is 0.0714. The molecule has 0 bridgehead atoms. The third kappa shape index (κ3) is 2.31. The van der Waals surface area contributed by atoms with Crippen molar-refractivity contribution in [3.8, 4) is 11.5 Å². The number of benzene rings is 2. The first kappa shape index (κ1) is 12.2. The molecule has 102 valence electrons. The topological polar surface area (TPSA) is 99.6 Å². The number of hydrogen-bond donors (Lipinski definition) is 3. The van der Waals surface area contributed by atoms with Gasteiger partial charge < -0.3 is 26.3 Å². The van der Waals surface area contributed by atoms with Crippen LogP contribution in [0.15, 0.2) is 36.4 Å². The standard InChI is InChI=1S/C14H13N3O3/c15-9-3-8(4-10(16)5-9)14(18)17-11-1-2-12-13(6-11)20-7-19-12/h1-6H,7,15-16H2,(H,17,18). The monoisotopic (exact) mass is 271 g/mol. The first-order valence-electron chi connectivity index (χ1n) is 5.99. The molecule has 0 aromatic heterocycles. The molecule has 20 heavy (non-hydrogen) atoms. The molecule has 0 saturated heterocycles. The maximum absolute atomic E-state index is 12.1. The van der Waals surface area contributed by atoms with Crippen LogP contribution >= 0.6 is 0 Å². The molecule has 2 aromatic carbocycles. The van der Waals surface area contributed by atoms with Gasteiger partial charge in [0, 0.05) is 28.7 Å². The second-order valence-electron chi connectivity index (χ2n) is 4.41. The molecule has 6 heteroatoms. The van der Waals surface area contributed by atoms with Crippen molar-refractivity contribution in [2.24, 2.45) is 0 Å². The quantitative estimate of drug-likeness (QED) is 0.724. The fourth-order valence-electron chi connectivity index (χ4n) is 1.99. The van der Waals surface area contributed by atoms with Gasteiger partial charge in [-0.15, -0.1) is 0 Å². The molecule has 0 spiro atoms. The number of amides is 1. The average Bonchev–Trinajstić information content (AvgIpc) is 2.85. The molecule has 1 amide bonds. The lowest BCUT2D eigenvalue weighted by atomic mass is 10.1. The number of nitrogens with two attached hydrogens (primary N) is 2. The SMILES string of the molecule is Nc1cc(N)cc(C(=O)Nc2ccc3c(c2)OCO3)c1. The van der Waals surface area contributed by atoms with Gasteiger partial charge in [-0.25, -0.2) is 0 Å². The van der Waals surface area contributed by atoms with Crippen LogP contribution in [-0.2, 0) is 0 Å². The van der Waals surface area contributed by atoms with Gasteiger partial charge in [-0.1, -0.05) is 0 Å². The van der Waals surface area contributed by atoms with E-state index in [1.165, 1.54) is 0 Å². The first-order chi connectivity index (χ1) is 9.61. The number of carbonyl (C=O) groups is 1. The van der Waals surface area contributed by atoms with E-state index in [-0.39, 0.29) is 12.7 Å². The number of rotatable bonds is 2. The lowest BCUT2D eigenvalue weighted by Gasteiger charge is -2.07. The number of nitrogens with one attached hydrogen (secondary N) is 1. The van der Waals surface area contributed by atoms with Gasteiger partial charge in [0.05, 0.1) is 0 Å². The Kier molecular flexibility index (Phi) is 2.83. The largest absolute Gasteiger partial charge is 0.454 e. The van der Waals surface area contributed by atoms with Gasteiger partial charge in [0.1, 0.15) is 0 Å². The van der Waals surface area contributed by atoms with Crippen molar-refractivity contribution in [2.45, 2.75) is 0 Å². The van der Waals surface area contributed by atoms with Crippen molar-refractivity contribution in [1.82, 2.24) is 0 Å². The van der Waals surface area contributed by atoms with E-state index >= 15 is 0 Å². The van der Waals surface area contributed by atoms with Crippen LogP contribution in [0.2, 0.25) is 0 Å². The minimum atomic E-state index is -0.289. The van der Waals surface area contributed by atoms with Crippen molar-refractivity contribution < 1.29 is 14.3 Å². The predicted molar refractivity (Wildman–Crippen MR) is 75.8 cm³/mol. The smallest absolute Gasteiger partial charge is 0.255 e. The van der Waals surface area contributed by atoms with Crippen LogP contribution < -0.4 is 26.3 Å². The number of fused-ring (bicyclic) bond motifs is 1. The maximum Gasteiger partial charge on any atom is 0.255 e. The highest BCUT2D eigenvalue weighted by molar-refractivity contribution is 6.05. The van der Waals surface area contributed by atoms with Crippen LogP contribution in [0.3, 0.4) is 0 Å². The third-order valence-electron chi connectivity index (χ3n) is 2.87. The van der Waals surface area contributed by atoms with E-state index in [0.717, 1.165) is 0 Å². The molecule has 5 N–H and O–H groups in total. The lowest BCUT2D eigenvalue weighted by Crippen LogP contribution is -2.12. The Bertz CT molecular complexity index is 665. The minimum Gasteiger partial charge on any atom is -0.454 e. The zero-order chi connectivity index (χ0) is 14.1. The average molecular weight is 271 g/mol. The summed E-state index contributed by atoms with van der Waals surface area (Å²) in [6.07, 6.45) is 0. The number of anilines is 3. The number of ether oxygens (including phenoxy) is 2. The molecular weight excluding hydrogens is 258 g/mol. The van der Waals surface area contributed by atoms with Crippen LogP contribution in [0.4, 0.5) is 17.1 Å². The summed E-state index contributed by atoms with van der Waals surface area (Å²) in [5.41, 5.74) is 13.2. The number of carbonyl (C=O) groups excluding carboxylic acids is 1. The van der Waals surface area contributed by atoms with E-state index in [1.807, 2.05) is 0 Å². The lowest BCUT2D eigenvalue weighted by molar-refractivity contribution is 0.102. The van der Waals surface area contributed by atoms with Gasteiger partial charge in [0.15, 0.2) is 11.5 Å². The van der Waals surface area contributed by atoms with E-state index < -0.39 is 0 Å². The van der Waals surface area contributed by atoms with Gasteiger partial charge in [-0.3, -0.25) is 4.79 Å². The highest BCUT2D eigenvalue weighted by Gasteiger charge is 2.14. The van der Waals surface area contributed by atoms with E-state index in [1.54, 1.807) is 36.4 Å². The van der Waals surface area contributed by atoms with E-state index in [4.69, 9.17) is 20.9 Å². The van der Waals surface area contributed by atoms with Crippen LogP contribution in [-0.4, -0.2) is 12.7 Å². The molecule has 0 radical (unpaired) electrons. The van der Waals surface area contributed by atoms with Crippen LogP contribution in [0.5, 0.6) is 11.5 Å². The summed E-state index contributed by atoms with van der Waals surface area (Å²) in [6.45, 7) is 0.193. The summed E-state index contributed by atoms with van der Waals surface area (Å²) in [5, 5.41) is 2.76. The molecule has 0 saturated carbocycles. The Morgan fingerprint density at radius 2 is 1.70 bits per heavy atom. The van der Waals surface area contributed by atoms with Gasteiger partial charge in [0.2, 0.25) is 6.79 Å². The Labute approximate surface area is 115 Å². The van der Waals surface area contributed by atoms with E-state index in [0.29, 0.717) is 34.1 Å². The molecule has 0 unspecified atom stereocenters. The number of nitrogen functional groups attached to an aromatic ring is 2. The van der Waals surface area contributed by atoms with E-state index in [2.05, 4.69) is 5.32 Å².